The first kappa shape index (κ1) is 17.8. The van der Waals surface area contributed by atoms with E-state index < -0.39 is 5.97 Å². The minimum absolute atomic E-state index is 0.155. The molecule has 0 aliphatic heterocycles. The number of carbonyl (C=O) groups is 2. The van der Waals surface area contributed by atoms with Crippen molar-refractivity contribution in [3.63, 3.8) is 0 Å². The average molecular weight is 362 g/mol. The van der Waals surface area contributed by atoms with Crippen molar-refractivity contribution in [3.05, 3.63) is 36.0 Å². The van der Waals surface area contributed by atoms with Crippen LogP contribution >= 0.6 is 23.1 Å². The van der Waals surface area contributed by atoms with Crippen LogP contribution in [-0.2, 0) is 14.3 Å². The minimum Gasteiger partial charge on any atom is -0.462 e. The van der Waals surface area contributed by atoms with Crippen LogP contribution in [0.15, 0.2) is 40.4 Å². The molecule has 1 amide bonds. The lowest BCUT2D eigenvalue weighted by molar-refractivity contribution is -0.138. The van der Waals surface area contributed by atoms with Crippen LogP contribution in [-0.4, -0.2) is 29.2 Å². The number of nitriles is 1. The van der Waals surface area contributed by atoms with Crippen LogP contribution < -0.4 is 10.9 Å². The van der Waals surface area contributed by atoms with Crippen molar-refractivity contribution in [2.24, 2.45) is 0 Å². The van der Waals surface area contributed by atoms with E-state index in [1.807, 2.05) is 24.3 Å². The van der Waals surface area contributed by atoms with Gasteiger partial charge in [-0.15, -0.1) is 11.3 Å². The summed E-state index contributed by atoms with van der Waals surface area (Å²) in [4.78, 5) is 27.5. The Morgan fingerprint density at radius 2 is 2.25 bits per heavy atom. The van der Waals surface area contributed by atoms with Gasteiger partial charge in [-0.3, -0.25) is 10.2 Å². The lowest BCUT2D eigenvalue weighted by Gasteiger charge is -2.04. The monoisotopic (exact) mass is 362 g/mol. The van der Waals surface area contributed by atoms with Gasteiger partial charge in [0.15, 0.2) is 9.91 Å². The van der Waals surface area contributed by atoms with Crippen LogP contribution in [0.5, 0.6) is 0 Å². The third-order valence-corrected chi connectivity index (χ3v) is 4.82. The average Bonchev–Trinajstić information content (AvgIpc) is 3.00. The quantitative estimate of drug-likeness (QED) is 0.255. The van der Waals surface area contributed by atoms with Crippen molar-refractivity contribution in [2.75, 3.05) is 12.4 Å². The number of carbonyl (C=O) groups excluding carboxylic acids is 2. The summed E-state index contributed by atoms with van der Waals surface area (Å²) in [6.07, 6.45) is 1.10. The standard InChI is InChI=1S/C15H14N4O3S2/c1-2-22-14(21)10(7-16)8-17-19-13(20)9-23-15-18-11-5-3-4-6-12(11)24-15/h3-6,8,17H,2,9H2,1H3,(H,19,20)/b10-8+. The fourth-order valence-corrected chi connectivity index (χ4v) is 3.48. The molecule has 0 unspecified atom stereocenters. The van der Waals surface area contributed by atoms with E-state index in [2.05, 4.69) is 15.8 Å². The molecule has 7 nitrogen and oxygen atoms in total. The third kappa shape index (κ3) is 4.97. The molecule has 24 heavy (non-hydrogen) atoms. The molecular formula is C15H14N4O3S2. The SMILES string of the molecule is CCOC(=O)/C(C#N)=C/NNC(=O)CSc1nc2ccccc2s1. The number of hydrazine groups is 1. The Labute approximate surface area is 146 Å². The van der Waals surface area contributed by atoms with Gasteiger partial charge in [0, 0.05) is 6.20 Å². The number of nitrogens with zero attached hydrogens (tertiary/aromatic N) is 2. The molecule has 1 aromatic carbocycles. The van der Waals surface area contributed by atoms with Gasteiger partial charge in [0.25, 0.3) is 0 Å². The zero-order chi connectivity index (χ0) is 17.4. The number of thioether (sulfide) groups is 1. The number of para-hydroxylation sites is 1. The Morgan fingerprint density at radius 1 is 1.46 bits per heavy atom. The fourth-order valence-electron chi connectivity index (χ4n) is 1.61. The summed E-state index contributed by atoms with van der Waals surface area (Å²) in [5.41, 5.74) is 5.48. The summed E-state index contributed by atoms with van der Waals surface area (Å²) in [7, 11) is 0. The Morgan fingerprint density at radius 3 is 2.96 bits per heavy atom. The number of hydrogen-bond donors (Lipinski definition) is 2. The van der Waals surface area contributed by atoms with Crippen LogP contribution in [0.1, 0.15) is 6.92 Å². The maximum Gasteiger partial charge on any atom is 0.350 e. The number of benzene rings is 1. The molecule has 2 N–H and O–H groups in total. The number of rotatable bonds is 7. The topological polar surface area (TPSA) is 104 Å². The van der Waals surface area contributed by atoms with Crippen molar-refractivity contribution in [1.82, 2.24) is 15.8 Å². The third-order valence-electron chi connectivity index (χ3n) is 2.64. The number of hydrogen-bond acceptors (Lipinski definition) is 8. The second-order valence-electron chi connectivity index (χ2n) is 4.32. The van der Waals surface area contributed by atoms with E-state index in [1.54, 1.807) is 13.0 Å². The molecule has 0 saturated carbocycles. The number of aromatic nitrogens is 1. The van der Waals surface area contributed by atoms with Crippen molar-refractivity contribution in [1.29, 1.82) is 5.26 Å². The number of amides is 1. The fraction of sp³-hybridized carbons (Fsp3) is 0.200. The van der Waals surface area contributed by atoms with E-state index >= 15 is 0 Å². The van der Waals surface area contributed by atoms with Crippen molar-refractivity contribution in [3.8, 4) is 6.07 Å². The molecule has 0 bridgehead atoms. The van der Waals surface area contributed by atoms with Gasteiger partial charge >= 0.3 is 5.97 Å². The van der Waals surface area contributed by atoms with E-state index in [0.717, 1.165) is 20.8 Å². The highest BCUT2D eigenvalue weighted by atomic mass is 32.2. The Bertz CT molecular complexity index is 777. The molecule has 9 heteroatoms. The predicted molar refractivity (Wildman–Crippen MR) is 92.0 cm³/mol. The second kappa shape index (κ2) is 8.90. The van der Waals surface area contributed by atoms with Gasteiger partial charge in [-0.25, -0.2) is 9.78 Å². The maximum absolute atomic E-state index is 11.8. The molecule has 0 radical (unpaired) electrons. The second-order valence-corrected chi connectivity index (χ2v) is 6.57. The molecule has 0 atom stereocenters. The lowest BCUT2D eigenvalue weighted by atomic mass is 10.3. The molecule has 1 aromatic heterocycles. The van der Waals surface area contributed by atoms with Gasteiger partial charge in [-0.05, 0) is 19.1 Å². The number of thiazole rings is 1. The van der Waals surface area contributed by atoms with Crippen LogP contribution in [0.2, 0.25) is 0 Å². The highest BCUT2D eigenvalue weighted by Crippen LogP contribution is 2.28. The largest absolute Gasteiger partial charge is 0.462 e. The van der Waals surface area contributed by atoms with E-state index in [4.69, 9.17) is 10.00 Å². The van der Waals surface area contributed by atoms with Gasteiger partial charge < -0.3 is 10.2 Å². The predicted octanol–water partition coefficient (Wildman–Crippen LogP) is 1.98. The zero-order valence-electron chi connectivity index (χ0n) is 12.7. The van der Waals surface area contributed by atoms with Crippen LogP contribution in [0.25, 0.3) is 10.2 Å². The number of ether oxygens (including phenoxy) is 1. The van der Waals surface area contributed by atoms with E-state index in [-0.39, 0.29) is 23.8 Å². The molecule has 1 heterocycles. The normalized spacial score (nSPS) is 10.9. The van der Waals surface area contributed by atoms with E-state index in [9.17, 15) is 9.59 Å². The first-order chi connectivity index (χ1) is 11.6. The number of fused-ring (bicyclic) bond motifs is 1. The molecule has 0 fully saturated rings. The highest BCUT2D eigenvalue weighted by Gasteiger charge is 2.10. The molecule has 0 aliphatic rings. The van der Waals surface area contributed by atoms with E-state index in [0.29, 0.717) is 0 Å². The molecule has 124 valence electrons. The van der Waals surface area contributed by atoms with Crippen LogP contribution in [0, 0.1) is 11.3 Å². The Balaban J connectivity index is 1.81. The van der Waals surface area contributed by atoms with E-state index in [1.165, 1.54) is 23.1 Å². The lowest BCUT2D eigenvalue weighted by Crippen LogP contribution is -2.35. The first-order valence-electron chi connectivity index (χ1n) is 6.94. The van der Waals surface area contributed by atoms with Crippen molar-refractivity contribution >= 4 is 45.2 Å². The molecule has 2 aromatic rings. The number of nitrogens with one attached hydrogen (secondary N) is 2. The molecular weight excluding hydrogens is 348 g/mol. The van der Waals surface area contributed by atoms with Gasteiger partial charge in [-0.2, -0.15) is 5.26 Å². The summed E-state index contributed by atoms with van der Waals surface area (Å²) in [5, 5.41) is 8.83. The van der Waals surface area contributed by atoms with Gasteiger partial charge in [0.2, 0.25) is 5.91 Å². The molecule has 0 spiro atoms. The van der Waals surface area contributed by atoms with Crippen molar-refractivity contribution < 1.29 is 14.3 Å². The summed E-state index contributed by atoms with van der Waals surface area (Å²) in [5.74, 6) is -0.899. The Hall–Kier alpha value is -2.57. The summed E-state index contributed by atoms with van der Waals surface area (Å²) >= 11 is 2.83. The maximum atomic E-state index is 11.8. The highest BCUT2D eigenvalue weighted by molar-refractivity contribution is 8.01. The summed E-state index contributed by atoms with van der Waals surface area (Å²) < 4.78 is 6.55. The van der Waals surface area contributed by atoms with Gasteiger partial charge in [-0.1, -0.05) is 23.9 Å². The van der Waals surface area contributed by atoms with Gasteiger partial charge in [0.1, 0.15) is 6.07 Å². The van der Waals surface area contributed by atoms with Gasteiger partial charge in [0.05, 0.1) is 22.6 Å². The summed E-state index contributed by atoms with van der Waals surface area (Å²) in [6.45, 7) is 1.81. The Kier molecular flexibility index (Phi) is 6.60. The molecule has 2 rings (SSSR count). The molecule has 0 saturated heterocycles. The van der Waals surface area contributed by atoms with Crippen LogP contribution in [0.4, 0.5) is 0 Å². The zero-order valence-corrected chi connectivity index (χ0v) is 14.4. The summed E-state index contributed by atoms with van der Waals surface area (Å²) in [6, 6.07) is 9.44. The number of esters is 1. The van der Waals surface area contributed by atoms with Crippen LogP contribution in [0.3, 0.4) is 0 Å². The smallest absolute Gasteiger partial charge is 0.350 e. The minimum atomic E-state index is -0.745. The van der Waals surface area contributed by atoms with Crippen molar-refractivity contribution in [2.45, 2.75) is 11.3 Å². The molecule has 0 aliphatic carbocycles. The first-order valence-corrected chi connectivity index (χ1v) is 8.74.